The van der Waals surface area contributed by atoms with E-state index in [1.54, 1.807) is 6.33 Å². The van der Waals surface area contributed by atoms with Gasteiger partial charge in [0, 0.05) is 18.7 Å². The molecule has 0 bridgehead atoms. The molecule has 0 aromatic carbocycles. The van der Waals surface area contributed by atoms with Gasteiger partial charge < -0.3 is 9.80 Å². The highest BCUT2D eigenvalue weighted by Gasteiger charge is 2.17. The van der Waals surface area contributed by atoms with Gasteiger partial charge in [-0.05, 0) is 39.9 Å². The summed E-state index contributed by atoms with van der Waals surface area (Å²) in [6, 6.07) is 0. The molecule has 1 aromatic rings. The molecule has 4 nitrogen and oxygen atoms in total. The molecule has 1 rings (SSSR count). The monoisotopic (exact) mass is 284 g/mol. The lowest BCUT2D eigenvalue weighted by molar-refractivity contribution is 0.400. The van der Waals surface area contributed by atoms with E-state index in [9.17, 15) is 0 Å². The number of hydrogen-bond donors (Lipinski definition) is 0. The zero-order valence-electron chi connectivity index (χ0n) is 12.6. The molecule has 0 unspecified atom stereocenters. The lowest BCUT2D eigenvalue weighted by Gasteiger charge is -2.26. The second kappa shape index (κ2) is 7.65. The largest absolute Gasteiger partial charge is 0.356 e. The predicted molar refractivity (Wildman–Crippen MR) is 82.2 cm³/mol. The van der Waals surface area contributed by atoms with Crippen LogP contribution >= 0.6 is 11.6 Å². The van der Waals surface area contributed by atoms with Gasteiger partial charge in [-0.3, -0.25) is 0 Å². The molecule has 0 N–H and O–H groups in total. The average Bonchev–Trinajstić information content (AvgIpc) is 2.33. The van der Waals surface area contributed by atoms with Crippen LogP contribution in [0.5, 0.6) is 0 Å². The zero-order valence-corrected chi connectivity index (χ0v) is 13.4. The molecule has 0 radical (unpaired) electrons. The summed E-state index contributed by atoms with van der Waals surface area (Å²) < 4.78 is 0. The van der Waals surface area contributed by atoms with Gasteiger partial charge in [-0.2, -0.15) is 0 Å². The predicted octanol–water partition coefficient (Wildman–Crippen LogP) is 3.03. The topological polar surface area (TPSA) is 32.3 Å². The van der Waals surface area contributed by atoms with Gasteiger partial charge in [-0.25, -0.2) is 9.97 Å². The first-order chi connectivity index (χ1) is 8.97. The third kappa shape index (κ3) is 4.62. The standard InChI is InChI=1S/C14H25ClN4/c1-6-19(9-7-8-18(4)5)14-12(11(2)3)13(15)16-10-17-14/h10-11H,6-9H2,1-5H3. The molecule has 0 aliphatic rings. The molecule has 0 atom stereocenters. The van der Waals surface area contributed by atoms with Gasteiger partial charge in [0.2, 0.25) is 0 Å². The summed E-state index contributed by atoms with van der Waals surface area (Å²) >= 11 is 6.22. The fourth-order valence-electron chi connectivity index (χ4n) is 2.11. The van der Waals surface area contributed by atoms with Gasteiger partial charge in [0.15, 0.2) is 0 Å². The third-order valence-corrected chi connectivity index (χ3v) is 3.41. The van der Waals surface area contributed by atoms with Gasteiger partial charge in [0.1, 0.15) is 17.3 Å². The van der Waals surface area contributed by atoms with Crippen molar-refractivity contribution in [3.05, 3.63) is 17.0 Å². The smallest absolute Gasteiger partial charge is 0.138 e. The number of hydrogen-bond acceptors (Lipinski definition) is 4. The number of nitrogens with zero attached hydrogens (tertiary/aromatic N) is 4. The van der Waals surface area contributed by atoms with Gasteiger partial charge in [-0.1, -0.05) is 25.4 Å². The molecule has 0 aliphatic carbocycles. The lowest BCUT2D eigenvalue weighted by atomic mass is 10.1. The number of rotatable bonds is 7. The Bertz CT molecular complexity index is 393. The van der Waals surface area contributed by atoms with Crippen molar-refractivity contribution in [1.82, 2.24) is 14.9 Å². The Morgan fingerprint density at radius 2 is 1.89 bits per heavy atom. The van der Waals surface area contributed by atoms with E-state index in [2.05, 4.69) is 54.6 Å². The maximum atomic E-state index is 6.22. The van der Waals surface area contributed by atoms with E-state index in [4.69, 9.17) is 11.6 Å². The van der Waals surface area contributed by atoms with Gasteiger partial charge in [0.05, 0.1) is 0 Å². The van der Waals surface area contributed by atoms with Crippen molar-refractivity contribution in [2.24, 2.45) is 0 Å². The molecule has 0 aliphatic heterocycles. The Labute approximate surface area is 121 Å². The Balaban J connectivity index is 2.89. The summed E-state index contributed by atoms with van der Waals surface area (Å²) in [4.78, 5) is 13.0. The van der Waals surface area contributed by atoms with Crippen molar-refractivity contribution in [3.8, 4) is 0 Å². The highest BCUT2D eigenvalue weighted by molar-refractivity contribution is 6.30. The van der Waals surface area contributed by atoms with Crippen molar-refractivity contribution < 1.29 is 0 Å². The SMILES string of the molecule is CCN(CCCN(C)C)c1ncnc(Cl)c1C(C)C. The first-order valence-electron chi connectivity index (χ1n) is 6.87. The minimum atomic E-state index is 0.326. The summed E-state index contributed by atoms with van der Waals surface area (Å²) in [6.07, 6.45) is 2.66. The quantitative estimate of drug-likeness (QED) is 0.721. The number of halogens is 1. The van der Waals surface area contributed by atoms with Crippen LogP contribution in [0.1, 0.15) is 38.7 Å². The maximum Gasteiger partial charge on any atom is 0.138 e. The summed E-state index contributed by atoms with van der Waals surface area (Å²) in [7, 11) is 4.19. The summed E-state index contributed by atoms with van der Waals surface area (Å²) in [5.74, 6) is 1.31. The summed E-state index contributed by atoms with van der Waals surface area (Å²) in [6.45, 7) is 9.40. The van der Waals surface area contributed by atoms with E-state index in [0.29, 0.717) is 11.1 Å². The first-order valence-corrected chi connectivity index (χ1v) is 7.25. The Kier molecular flexibility index (Phi) is 6.52. The minimum Gasteiger partial charge on any atom is -0.356 e. The first kappa shape index (κ1) is 16.2. The van der Waals surface area contributed by atoms with E-state index in [-0.39, 0.29) is 0 Å². The molecule has 0 saturated carbocycles. The average molecular weight is 285 g/mol. The van der Waals surface area contributed by atoms with Crippen LogP contribution in [0.15, 0.2) is 6.33 Å². The van der Waals surface area contributed by atoms with Gasteiger partial charge >= 0.3 is 0 Å². The van der Waals surface area contributed by atoms with Crippen molar-refractivity contribution in [1.29, 1.82) is 0 Å². The van der Waals surface area contributed by atoms with Crippen LogP contribution < -0.4 is 4.90 Å². The molecule has 0 saturated heterocycles. The number of aromatic nitrogens is 2. The summed E-state index contributed by atoms with van der Waals surface area (Å²) in [5.41, 5.74) is 1.05. The molecule has 0 fully saturated rings. The Hall–Kier alpha value is -0.870. The Morgan fingerprint density at radius 1 is 1.21 bits per heavy atom. The van der Waals surface area contributed by atoms with Crippen molar-refractivity contribution in [2.45, 2.75) is 33.1 Å². The van der Waals surface area contributed by atoms with E-state index in [1.807, 2.05) is 0 Å². The van der Waals surface area contributed by atoms with Crippen LogP contribution in [0.3, 0.4) is 0 Å². The third-order valence-electron chi connectivity index (χ3n) is 3.11. The fraction of sp³-hybridized carbons (Fsp3) is 0.714. The molecule has 108 valence electrons. The molecule has 0 amide bonds. The van der Waals surface area contributed by atoms with Crippen LogP contribution in [0, 0.1) is 0 Å². The van der Waals surface area contributed by atoms with Crippen LogP contribution in [-0.4, -0.2) is 48.6 Å². The Morgan fingerprint density at radius 3 is 2.42 bits per heavy atom. The fourth-order valence-corrected chi connectivity index (χ4v) is 2.45. The van der Waals surface area contributed by atoms with Gasteiger partial charge in [-0.15, -0.1) is 0 Å². The highest BCUT2D eigenvalue weighted by Crippen LogP contribution is 2.30. The molecule has 5 heteroatoms. The van der Waals surface area contributed by atoms with Crippen molar-refractivity contribution in [3.63, 3.8) is 0 Å². The second-order valence-electron chi connectivity index (χ2n) is 5.29. The van der Waals surface area contributed by atoms with Crippen LogP contribution in [0.2, 0.25) is 5.15 Å². The van der Waals surface area contributed by atoms with Crippen LogP contribution in [-0.2, 0) is 0 Å². The minimum absolute atomic E-state index is 0.326. The van der Waals surface area contributed by atoms with Crippen molar-refractivity contribution >= 4 is 17.4 Å². The zero-order chi connectivity index (χ0) is 14.4. The van der Waals surface area contributed by atoms with Gasteiger partial charge in [0.25, 0.3) is 0 Å². The molecule has 1 aromatic heterocycles. The molecule has 19 heavy (non-hydrogen) atoms. The van der Waals surface area contributed by atoms with Crippen LogP contribution in [0.4, 0.5) is 5.82 Å². The van der Waals surface area contributed by atoms with E-state index >= 15 is 0 Å². The van der Waals surface area contributed by atoms with E-state index in [0.717, 1.165) is 37.4 Å². The van der Waals surface area contributed by atoms with Crippen LogP contribution in [0.25, 0.3) is 0 Å². The van der Waals surface area contributed by atoms with E-state index < -0.39 is 0 Å². The van der Waals surface area contributed by atoms with E-state index in [1.165, 1.54) is 0 Å². The highest BCUT2D eigenvalue weighted by atomic mass is 35.5. The normalized spacial score (nSPS) is 11.4. The molecular weight excluding hydrogens is 260 g/mol. The molecule has 1 heterocycles. The molecule has 0 spiro atoms. The second-order valence-corrected chi connectivity index (χ2v) is 5.65. The number of anilines is 1. The summed E-state index contributed by atoms with van der Waals surface area (Å²) in [5, 5.41) is 0.575. The molecular formula is C14H25ClN4. The lowest BCUT2D eigenvalue weighted by Crippen LogP contribution is -2.29. The maximum absolute atomic E-state index is 6.22. The van der Waals surface area contributed by atoms with Crippen molar-refractivity contribution in [2.75, 3.05) is 38.6 Å².